The molecule has 1 aliphatic rings. The zero-order valence-corrected chi connectivity index (χ0v) is 15.4. The lowest BCUT2D eigenvalue weighted by Crippen LogP contribution is -2.48. The molecule has 4 rings (SSSR count). The Labute approximate surface area is 157 Å². The zero-order valence-electron chi connectivity index (χ0n) is 14.6. The van der Waals surface area contributed by atoms with Crippen molar-refractivity contribution in [2.45, 2.75) is 13.1 Å². The van der Waals surface area contributed by atoms with Crippen LogP contribution >= 0.6 is 11.3 Å². The first-order valence-electron chi connectivity index (χ1n) is 8.88. The number of nitrogens with zero attached hydrogens (tertiary/aromatic N) is 4. The third kappa shape index (κ3) is 4.03. The van der Waals surface area contributed by atoms with Gasteiger partial charge in [-0.2, -0.15) is 5.10 Å². The summed E-state index contributed by atoms with van der Waals surface area (Å²) in [6.45, 7) is 5.16. The zero-order chi connectivity index (χ0) is 17.8. The van der Waals surface area contributed by atoms with Gasteiger partial charge in [-0.25, -0.2) is 0 Å². The maximum Gasteiger partial charge on any atom is 0.253 e. The molecule has 134 valence electrons. The van der Waals surface area contributed by atoms with E-state index in [4.69, 9.17) is 0 Å². The number of amides is 1. The number of carbonyl (C=O) groups is 1. The van der Waals surface area contributed by atoms with Crippen LogP contribution in [0, 0.1) is 0 Å². The number of piperazine rings is 1. The molecule has 0 N–H and O–H groups in total. The smallest absolute Gasteiger partial charge is 0.253 e. The summed E-state index contributed by atoms with van der Waals surface area (Å²) in [6, 6.07) is 14.1. The van der Waals surface area contributed by atoms with E-state index in [1.54, 1.807) is 17.5 Å². The second kappa shape index (κ2) is 7.85. The number of rotatable bonds is 5. The molecule has 0 saturated carbocycles. The van der Waals surface area contributed by atoms with Gasteiger partial charge in [0, 0.05) is 55.6 Å². The molecular weight excluding hydrogens is 344 g/mol. The number of aromatic nitrogens is 2. The number of hydrogen-bond acceptors (Lipinski definition) is 4. The van der Waals surface area contributed by atoms with Crippen LogP contribution in [-0.4, -0.2) is 51.7 Å². The van der Waals surface area contributed by atoms with E-state index in [1.165, 1.54) is 4.88 Å². The minimum absolute atomic E-state index is 0.131. The highest BCUT2D eigenvalue weighted by Gasteiger charge is 2.22. The molecule has 0 spiro atoms. The Morgan fingerprint density at radius 1 is 1.00 bits per heavy atom. The van der Waals surface area contributed by atoms with Crippen molar-refractivity contribution >= 4 is 17.2 Å². The van der Waals surface area contributed by atoms with E-state index < -0.39 is 0 Å². The molecule has 5 nitrogen and oxygen atoms in total. The first kappa shape index (κ1) is 17.0. The lowest BCUT2D eigenvalue weighted by atomic mass is 10.1. The summed E-state index contributed by atoms with van der Waals surface area (Å²) < 4.78 is 1.88. The fourth-order valence-corrected chi connectivity index (χ4v) is 3.99. The Morgan fingerprint density at radius 2 is 1.81 bits per heavy atom. The Kier molecular flexibility index (Phi) is 5.13. The van der Waals surface area contributed by atoms with Gasteiger partial charge >= 0.3 is 0 Å². The molecule has 0 bridgehead atoms. The molecule has 1 amide bonds. The number of hydrogen-bond donors (Lipinski definition) is 0. The van der Waals surface area contributed by atoms with E-state index in [1.807, 2.05) is 46.1 Å². The monoisotopic (exact) mass is 366 g/mol. The fourth-order valence-electron chi connectivity index (χ4n) is 3.25. The molecule has 1 saturated heterocycles. The highest BCUT2D eigenvalue weighted by atomic mass is 32.1. The molecule has 0 atom stereocenters. The lowest BCUT2D eigenvalue weighted by molar-refractivity contribution is 0.0629. The van der Waals surface area contributed by atoms with E-state index in [0.717, 1.165) is 50.4 Å². The van der Waals surface area contributed by atoms with Crippen LogP contribution in [0.5, 0.6) is 0 Å². The summed E-state index contributed by atoms with van der Waals surface area (Å²) in [5, 5.41) is 6.33. The van der Waals surface area contributed by atoms with E-state index in [2.05, 4.69) is 27.5 Å². The topological polar surface area (TPSA) is 41.4 Å². The van der Waals surface area contributed by atoms with Gasteiger partial charge in [-0.15, -0.1) is 11.3 Å². The quantitative estimate of drug-likeness (QED) is 0.697. The van der Waals surface area contributed by atoms with Gasteiger partial charge in [0.15, 0.2) is 0 Å². The van der Waals surface area contributed by atoms with Crippen LogP contribution in [-0.2, 0) is 13.1 Å². The minimum Gasteiger partial charge on any atom is -0.336 e. The molecule has 1 fully saturated rings. The van der Waals surface area contributed by atoms with Gasteiger partial charge in [-0.1, -0.05) is 18.2 Å². The second-order valence-electron chi connectivity index (χ2n) is 6.55. The fraction of sp³-hybridized carbons (Fsp3) is 0.300. The maximum absolute atomic E-state index is 12.7. The van der Waals surface area contributed by atoms with E-state index in [9.17, 15) is 4.79 Å². The Morgan fingerprint density at radius 3 is 2.46 bits per heavy atom. The molecule has 26 heavy (non-hydrogen) atoms. The van der Waals surface area contributed by atoms with Crippen molar-refractivity contribution in [3.8, 4) is 0 Å². The summed E-state index contributed by atoms with van der Waals surface area (Å²) in [5.74, 6) is 0.131. The van der Waals surface area contributed by atoms with Gasteiger partial charge in [0.1, 0.15) is 0 Å². The third-order valence-corrected chi connectivity index (χ3v) is 5.58. The van der Waals surface area contributed by atoms with Gasteiger partial charge in [0.25, 0.3) is 5.91 Å². The van der Waals surface area contributed by atoms with Gasteiger partial charge in [0.2, 0.25) is 0 Å². The Balaban J connectivity index is 1.31. The molecule has 2 aromatic heterocycles. The normalized spacial score (nSPS) is 15.3. The van der Waals surface area contributed by atoms with Crippen LogP contribution in [0.25, 0.3) is 0 Å². The second-order valence-corrected chi connectivity index (χ2v) is 7.58. The third-order valence-electron chi connectivity index (χ3n) is 4.72. The number of carbonyl (C=O) groups excluding carboxylic acids is 1. The summed E-state index contributed by atoms with van der Waals surface area (Å²) in [7, 11) is 0. The average molecular weight is 366 g/mol. The van der Waals surface area contributed by atoms with E-state index >= 15 is 0 Å². The van der Waals surface area contributed by atoms with Crippen LogP contribution in [0.1, 0.15) is 20.8 Å². The molecule has 0 aliphatic carbocycles. The molecule has 3 aromatic rings. The van der Waals surface area contributed by atoms with Crippen molar-refractivity contribution < 1.29 is 4.79 Å². The summed E-state index contributed by atoms with van der Waals surface area (Å²) >= 11 is 1.79. The van der Waals surface area contributed by atoms with Crippen LogP contribution in [0.3, 0.4) is 0 Å². The highest BCUT2D eigenvalue weighted by molar-refractivity contribution is 7.09. The largest absolute Gasteiger partial charge is 0.336 e. The predicted molar refractivity (Wildman–Crippen MR) is 103 cm³/mol. The van der Waals surface area contributed by atoms with Crippen molar-refractivity contribution in [2.24, 2.45) is 0 Å². The average Bonchev–Trinajstić information content (AvgIpc) is 3.37. The Bertz CT molecular complexity index is 819. The van der Waals surface area contributed by atoms with Crippen molar-refractivity contribution in [1.29, 1.82) is 0 Å². The molecule has 0 unspecified atom stereocenters. The first-order chi connectivity index (χ1) is 12.8. The van der Waals surface area contributed by atoms with Crippen LogP contribution < -0.4 is 0 Å². The van der Waals surface area contributed by atoms with Gasteiger partial charge in [0.05, 0.1) is 6.54 Å². The first-order valence-corrected chi connectivity index (χ1v) is 9.76. The van der Waals surface area contributed by atoms with Crippen molar-refractivity contribution in [2.75, 3.05) is 26.2 Å². The highest BCUT2D eigenvalue weighted by Crippen LogP contribution is 2.15. The van der Waals surface area contributed by atoms with Crippen molar-refractivity contribution in [3.05, 3.63) is 76.2 Å². The SMILES string of the molecule is O=C(c1ccc(Cn2cccn2)cc1)N1CCN(Cc2cccs2)CC1. The number of thiophene rings is 1. The van der Waals surface area contributed by atoms with E-state index in [0.29, 0.717) is 0 Å². The van der Waals surface area contributed by atoms with Gasteiger partial charge < -0.3 is 4.90 Å². The predicted octanol–water partition coefficient (Wildman–Crippen LogP) is 2.95. The van der Waals surface area contributed by atoms with Crippen LogP contribution in [0.4, 0.5) is 0 Å². The number of benzene rings is 1. The maximum atomic E-state index is 12.7. The van der Waals surface area contributed by atoms with Crippen LogP contribution in [0.15, 0.2) is 60.2 Å². The van der Waals surface area contributed by atoms with E-state index in [-0.39, 0.29) is 5.91 Å². The molecule has 1 aliphatic heterocycles. The van der Waals surface area contributed by atoms with Gasteiger partial charge in [-0.05, 0) is 35.2 Å². The summed E-state index contributed by atoms with van der Waals surface area (Å²) in [6.07, 6.45) is 3.71. The standard InChI is InChI=1S/C20H22N4OS/c25-20(18-6-4-17(5-7-18)15-24-9-2-8-21-24)23-12-10-22(11-13-23)16-19-3-1-14-26-19/h1-9,14H,10-13,15-16H2. The summed E-state index contributed by atoms with van der Waals surface area (Å²) in [4.78, 5) is 18.5. The molecular formula is C20H22N4OS. The van der Waals surface area contributed by atoms with Crippen molar-refractivity contribution in [3.63, 3.8) is 0 Å². The molecule has 6 heteroatoms. The van der Waals surface area contributed by atoms with Gasteiger partial charge in [-0.3, -0.25) is 14.4 Å². The Hall–Kier alpha value is -2.44. The van der Waals surface area contributed by atoms with Crippen molar-refractivity contribution in [1.82, 2.24) is 19.6 Å². The lowest BCUT2D eigenvalue weighted by Gasteiger charge is -2.34. The van der Waals surface area contributed by atoms with Crippen LogP contribution in [0.2, 0.25) is 0 Å². The minimum atomic E-state index is 0.131. The molecule has 0 radical (unpaired) electrons. The summed E-state index contributed by atoms with van der Waals surface area (Å²) in [5.41, 5.74) is 1.91. The molecule has 1 aromatic carbocycles. The molecule has 3 heterocycles.